The van der Waals surface area contributed by atoms with E-state index in [1.165, 1.54) is 54.4 Å². The van der Waals surface area contributed by atoms with Gasteiger partial charge in [0.2, 0.25) is 0 Å². The highest BCUT2D eigenvalue weighted by molar-refractivity contribution is 14.0. The van der Waals surface area contributed by atoms with Crippen LogP contribution in [0.2, 0.25) is 0 Å². The summed E-state index contributed by atoms with van der Waals surface area (Å²) in [6.07, 6.45) is 7.14. The molecule has 2 aliphatic heterocycles. The van der Waals surface area contributed by atoms with E-state index in [1.807, 2.05) is 0 Å². The summed E-state index contributed by atoms with van der Waals surface area (Å²) in [5.74, 6) is 1.09. The minimum absolute atomic E-state index is 0. The van der Waals surface area contributed by atoms with Crippen molar-refractivity contribution >= 4 is 40.8 Å². The van der Waals surface area contributed by atoms with Gasteiger partial charge in [0.05, 0.1) is 0 Å². The number of hydrogen-bond donors (Lipinski definition) is 2. The molecule has 154 valence electrons. The lowest BCUT2D eigenvalue weighted by Gasteiger charge is -2.25. The van der Waals surface area contributed by atoms with E-state index in [9.17, 15) is 0 Å². The van der Waals surface area contributed by atoms with Gasteiger partial charge in [-0.15, -0.1) is 24.0 Å². The fraction of sp³-hybridized carbons (Fsp3) is 0.591. The maximum atomic E-state index is 4.96. The number of aliphatic imine (C=N–C) groups is 1. The number of fused-ring (bicyclic) bond motifs is 1. The molecule has 6 heteroatoms. The lowest BCUT2D eigenvalue weighted by atomic mass is 10.1. The van der Waals surface area contributed by atoms with Crippen molar-refractivity contribution in [1.82, 2.24) is 20.1 Å². The Labute approximate surface area is 186 Å². The second kappa shape index (κ2) is 9.96. The number of aromatic amines is 1. The highest BCUT2D eigenvalue weighted by Gasteiger charge is 2.30. The number of benzene rings is 1. The van der Waals surface area contributed by atoms with Crippen LogP contribution in [0.3, 0.4) is 0 Å². The van der Waals surface area contributed by atoms with E-state index in [0.29, 0.717) is 6.04 Å². The van der Waals surface area contributed by atoms with Crippen LogP contribution in [0, 0.1) is 6.92 Å². The van der Waals surface area contributed by atoms with Crippen LogP contribution in [0.4, 0.5) is 0 Å². The molecule has 0 amide bonds. The Balaban J connectivity index is 0.00000225. The van der Waals surface area contributed by atoms with E-state index < -0.39 is 0 Å². The minimum atomic E-state index is 0. The zero-order chi connectivity index (χ0) is 18.6. The molecule has 1 aromatic heterocycles. The maximum Gasteiger partial charge on any atom is 0.193 e. The van der Waals surface area contributed by atoms with Crippen LogP contribution >= 0.6 is 24.0 Å². The molecule has 1 atom stereocenters. The number of nitrogens with zero attached hydrogens (tertiary/aromatic N) is 3. The number of aromatic nitrogens is 1. The standard InChI is InChI=1S/C22H33N5.HI/c1-3-23-22(27-14-10-19(16-27)26-12-4-5-13-26)24-11-9-18-15-25-21-17(2)7-6-8-20(18)21;/h6-8,15,19,25H,3-5,9-14,16H2,1-2H3,(H,23,24);1H. The summed E-state index contributed by atoms with van der Waals surface area (Å²) < 4.78 is 0. The molecule has 0 aliphatic carbocycles. The van der Waals surface area contributed by atoms with Crippen molar-refractivity contribution in [2.75, 3.05) is 39.3 Å². The average Bonchev–Trinajstić information content (AvgIpc) is 3.42. The third kappa shape index (κ3) is 4.64. The van der Waals surface area contributed by atoms with Crippen LogP contribution in [0.1, 0.15) is 37.3 Å². The zero-order valence-corrected chi connectivity index (χ0v) is 19.5. The molecular weight excluding hydrogens is 461 g/mol. The Hall–Kier alpha value is -1.28. The van der Waals surface area contributed by atoms with Gasteiger partial charge in [-0.1, -0.05) is 18.2 Å². The largest absolute Gasteiger partial charge is 0.361 e. The van der Waals surface area contributed by atoms with Gasteiger partial charge < -0.3 is 15.2 Å². The Morgan fingerprint density at radius 1 is 1.25 bits per heavy atom. The van der Waals surface area contributed by atoms with Gasteiger partial charge in [-0.3, -0.25) is 9.89 Å². The number of H-pyrrole nitrogens is 1. The Morgan fingerprint density at radius 2 is 2.07 bits per heavy atom. The molecule has 2 aliphatic rings. The summed E-state index contributed by atoms with van der Waals surface area (Å²) >= 11 is 0. The first-order valence-electron chi connectivity index (χ1n) is 10.6. The van der Waals surface area contributed by atoms with E-state index in [0.717, 1.165) is 38.6 Å². The summed E-state index contributed by atoms with van der Waals surface area (Å²) in [6, 6.07) is 7.23. The van der Waals surface area contributed by atoms with Crippen molar-refractivity contribution in [2.24, 2.45) is 4.99 Å². The monoisotopic (exact) mass is 495 g/mol. The second-order valence-corrected chi connectivity index (χ2v) is 7.93. The molecule has 4 rings (SSSR count). The third-order valence-electron chi connectivity index (χ3n) is 6.11. The summed E-state index contributed by atoms with van der Waals surface area (Å²) in [5, 5.41) is 4.85. The van der Waals surface area contributed by atoms with Crippen LogP contribution < -0.4 is 5.32 Å². The molecule has 5 nitrogen and oxygen atoms in total. The van der Waals surface area contributed by atoms with E-state index in [4.69, 9.17) is 4.99 Å². The number of nitrogens with one attached hydrogen (secondary N) is 2. The van der Waals surface area contributed by atoms with Gasteiger partial charge in [-0.25, -0.2) is 0 Å². The molecule has 1 unspecified atom stereocenters. The molecule has 0 spiro atoms. The molecule has 28 heavy (non-hydrogen) atoms. The Morgan fingerprint density at radius 3 is 2.86 bits per heavy atom. The van der Waals surface area contributed by atoms with Crippen LogP contribution in [0.25, 0.3) is 10.9 Å². The van der Waals surface area contributed by atoms with Gasteiger partial charge in [0.15, 0.2) is 5.96 Å². The van der Waals surface area contributed by atoms with E-state index in [-0.39, 0.29) is 24.0 Å². The first-order valence-corrected chi connectivity index (χ1v) is 10.6. The van der Waals surface area contributed by atoms with E-state index in [1.54, 1.807) is 0 Å². The molecular formula is C22H34IN5. The highest BCUT2D eigenvalue weighted by Crippen LogP contribution is 2.22. The molecule has 0 radical (unpaired) electrons. The smallest absolute Gasteiger partial charge is 0.193 e. The lowest BCUT2D eigenvalue weighted by Crippen LogP contribution is -2.42. The molecule has 2 aromatic rings. The quantitative estimate of drug-likeness (QED) is 0.377. The molecule has 1 aromatic carbocycles. The highest BCUT2D eigenvalue weighted by atomic mass is 127. The van der Waals surface area contributed by atoms with Crippen molar-refractivity contribution < 1.29 is 0 Å². The first-order chi connectivity index (χ1) is 13.3. The van der Waals surface area contributed by atoms with Crippen LogP contribution in [-0.4, -0.2) is 66.1 Å². The number of likely N-dealkylation sites (tertiary alicyclic amines) is 2. The van der Waals surface area contributed by atoms with Crippen molar-refractivity contribution in [3.05, 3.63) is 35.5 Å². The van der Waals surface area contributed by atoms with Crippen molar-refractivity contribution in [1.29, 1.82) is 0 Å². The predicted molar refractivity (Wildman–Crippen MR) is 129 cm³/mol. The average molecular weight is 495 g/mol. The molecule has 0 bridgehead atoms. The van der Waals surface area contributed by atoms with Crippen molar-refractivity contribution in [3.8, 4) is 0 Å². The third-order valence-corrected chi connectivity index (χ3v) is 6.11. The van der Waals surface area contributed by atoms with Crippen molar-refractivity contribution in [2.45, 2.75) is 45.6 Å². The number of guanidine groups is 1. The van der Waals surface area contributed by atoms with Crippen LogP contribution in [-0.2, 0) is 6.42 Å². The van der Waals surface area contributed by atoms with Gasteiger partial charge in [-0.2, -0.15) is 0 Å². The van der Waals surface area contributed by atoms with Gasteiger partial charge in [-0.05, 0) is 63.7 Å². The van der Waals surface area contributed by atoms with Gasteiger partial charge in [0, 0.05) is 49.3 Å². The second-order valence-electron chi connectivity index (χ2n) is 7.93. The molecule has 2 N–H and O–H groups in total. The Bertz CT molecular complexity index is 793. The number of rotatable bonds is 5. The molecule has 0 saturated carbocycles. The lowest BCUT2D eigenvalue weighted by molar-refractivity contribution is 0.249. The van der Waals surface area contributed by atoms with Gasteiger partial charge in [0.25, 0.3) is 0 Å². The van der Waals surface area contributed by atoms with E-state index in [2.05, 4.69) is 58.3 Å². The van der Waals surface area contributed by atoms with Crippen LogP contribution in [0.15, 0.2) is 29.4 Å². The number of aryl methyl sites for hydroxylation is 1. The summed E-state index contributed by atoms with van der Waals surface area (Å²) in [7, 11) is 0. The molecule has 3 heterocycles. The minimum Gasteiger partial charge on any atom is -0.361 e. The number of para-hydroxylation sites is 1. The summed E-state index contributed by atoms with van der Waals surface area (Å²) in [6.45, 7) is 10.9. The number of halogens is 1. The van der Waals surface area contributed by atoms with Crippen molar-refractivity contribution in [3.63, 3.8) is 0 Å². The normalized spacial score (nSPS) is 20.7. The zero-order valence-electron chi connectivity index (χ0n) is 17.2. The van der Waals surface area contributed by atoms with E-state index >= 15 is 0 Å². The number of hydrogen-bond acceptors (Lipinski definition) is 2. The SMILES string of the molecule is CCNC(=NCCc1c[nH]c2c(C)cccc12)N1CCC(N2CCCC2)C1.I. The van der Waals surface area contributed by atoms with Gasteiger partial charge in [0.1, 0.15) is 0 Å². The molecule has 2 saturated heterocycles. The molecule has 2 fully saturated rings. The summed E-state index contributed by atoms with van der Waals surface area (Å²) in [5.41, 5.74) is 3.93. The topological polar surface area (TPSA) is 46.7 Å². The van der Waals surface area contributed by atoms with Crippen LogP contribution in [0.5, 0.6) is 0 Å². The Kier molecular flexibility index (Phi) is 7.62. The predicted octanol–water partition coefficient (Wildman–Crippen LogP) is 3.77. The fourth-order valence-electron chi connectivity index (χ4n) is 4.62. The maximum absolute atomic E-state index is 4.96. The first kappa shape index (κ1) is 21.4. The van der Waals surface area contributed by atoms with Gasteiger partial charge >= 0.3 is 0 Å². The fourth-order valence-corrected chi connectivity index (χ4v) is 4.62. The summed E-state index contributed by atoms with van der Waals surface area (Å²) in [4.78, 5) is 13.5.